The second-order valence-electron chi connectivity index (χ2n) is 5.15. The average Bonchev–Trinajstić information content (AvgIpc) is 2.43. The van der Waals surface area contributed by atoms with E-state index in [1.165, 1.54) is 32.1 Å². The molecule has 3 N–H and O–H groups in total. The van der Waals surface area contributed by atoms with Gasteiger partial charge in [-0.2, -0.15) is 0 Å². The molecule has 0 aromatic heterocycles. The number of nitrogen functional groups attached to an aromatic ring is 1. The van der Waals surface area contributed by atoms with Crippen molar-refractivity contribution in [3.63, 3.8) is 0 Å². The van der Waals surface area contributed by atoms with Crippen LogP contribution in [0.3, 0.4) is 0 Å². The number of carbonyl (C=O) groups excluding carboxylic acids is 1. The Morgan fingerprint density at radius 3 is 2.74 bits per heavy atom. The summed E-state index contributed by atoms with van der Waals surface area (Å²) < 4.78 is 5.49. The number of benzene rings is 1. The van der Waals surface area contributed by atoms with Crippen LogP contribution in [0.25, 0.3) is 0 Å². The number of amides is 1. The standard InChI is InChI=1S/C15H22N2O2/c16-13-8-4-5-9-14(13)17-15(18)11-19-10-12-6-2-1-3-7-12/h4-5,8-9,12H,1-3,6-7,10-11,16H2,(H,17,18). The van der Waals surface area contributed by atoms with Crippen LogP contribution in [0, 0.1) is 5.92 Å². The topological polar surface area (TPSA) is 64.3 Å². The summed E-state index contributed by atoms with van der Waals surface area (Å²) in [5.74, 6) is 0.483. The van der Waals surface area contributed by atoms with Crippen molar-refractivity contribution < 1.29 is 9.53 Å². The van der Waals surface area contributed by atoms with E-state index in [-0.39, 0.29) is 12.5 Å². The average molecular weight is 262 g/mol. The fourth-order valence-electron chi connectivity index (χ4n) is 2.47. The van der Waals surface area contributed by atoms with Gasteiger partial charge in [0.15, 0.2) is 0 Å². The van der Waals surface area contributed by atoms with Gasteiger partial charge in [-0.15, -0.1) is 0 Å². The van der Waals surface area contributed by atoms with Crippen LogP contribution in [0.1, 0.15) is 32.1 Å². The number of hydrogen-bond donors (Lipinski definition) is 2. The Hall–Kier alpha value is -1.55. The van der Waals surface area contributed by atoms with Crippen molar-refractivity contribution in [3.05, 3.63) is 24.3 Å². The van der Waals surface area contributed by atoms with Crippen LogP contribution in [0.4, 0.5) is 11.4 Å². The third-order valence-electron chi connectivity index (χ3n) is 3.55. The highest BCUT2D eigenvalue weighted by atomic mass is 16.5. The molecule has 1 saturated carbocycles. The largest absolute Gasteiger partial charge is 0.397 e. The van der Waals surface area contributed by atoms with Crippen molar-refractivity contribution >= 4 is 17.3 Å². The fourth-order valence-corrected chi connectivity index (χ4v) is 2.47. The van der Waals surface area contributed by atoms with Crippen molar-refractivity contribution in [2.24, 2.45) is 5.92 Å². The zero-order valence-corrected chi connectivity index (χ0v) is 11.2. The zero-order chi connectivity index (χ0) is 13.5. The van der Waals surface area contributed by atoms with Crippen LogP contribution in [0.15, 0.2) is 24.3 Å². The van der Waals surface area contributed by atoms with Crippen LogP contribution >= 0.6 is 0 Å². The predicted molar refractivity (Wildman–Crippen MR) is 76.9 cm³/mol. The quantitative estimate of drug-likeness (QED) is 0.802. The summed E-state index contributed by atoms with van der Waals surface area (Å²) in [6.45, 7) is 0.794. The first-order valence-corrected chi connectivity index (χ1v) is 6.98. The lowest BCUT2D eigenvalue weighted by atomic mass is 9.90. The molecule has 1 aromatic rings. The second-order valence-corrected chi connectivity index (χ2v) is 5.15. The Morgan fingerprint density at radius 2 is 2.00 bits per heavy atom. The van der Waals surface area contributed by atoms with E-state index in [4.69, 9.17) is 10.5 Å². The molecule has 0 heterocycles. The molecule has 1 fully saturated rings. The number of nitrogens with two attached hydrogens (primary N) is 1. The number of carbonyl (C=O) groups is 1. The zero-order valence-electron chi connectivity index (χ0n) is 11.2. The van der Waals surface area contributed by atoms with Gasteiger partial charge in [-0.1, -0.05) is 31.4 Å². The molecular formula is C15H22N2O2. The van der Waals surface area contributed by atoms with E-state index < -0.39 is 0 Å². The maximum absolute atomic E-state index is 11.7. The molecule has 0 saturated heterocycles. The minimum Gasteiger partial charge on any atom is -0.397 e. The molecule has 4 heteroatoms. The van der Waals surface area contributed by atoms with Crippen molar-refractivity contribution in [3.8, 4) is 0 Å². The van der Waals surface area contributed by atoms with Gasteiger partial charge in [0.1, 0.15) is 6.61 Å². The van der Waals surface area contributed by atoms with Crippen LogP contribution in [0.5, 0.6) is 0 Å². The van der Waals surface area contributed by atoms with Gasteiger partial charge in [-0.25, -0.2) is 0 Å². The van der Waals surface area contributed by atoms with Gasteiger partial charge >= 0.3 is 0 Å². The number of hydrogen-bond acceptors (Lipinski definition) is 3. The molecule has 0 spiro atoms. The third-order valence-corrected chi connectivity index (χ3v) is 3.55. The maximum atomic E-state index is 11.7. The number of nitrogens with one attached hydrogen (secondary N) is 1. The van der Waals surface area contributed by atoms with Crippen molar-refractivity contribution in [2.45, 2.75) is 32.1 Å². The summed E-state index contributed by atoms with van der Waals surface area (Å²) in [6, 6.07) is 7.23. The SMILES string of the molecule is Nc1ccccc1NC(=O)COCC1CCCCC1. The molecule has 4 nitrogen and oxygen atoms in total. The Labute approximate surface area is 114 Å². The molecular weight excluding hydrogens is 240 g/mol. The molecule has 1 aromatic carbocycles. The molecule has 19 heavy (non-hydrogen) atoms. The van der Waals surface area contributed by atoms with E-state index in [1.807, 2.05) is 12.1 Å². The fraction of sp³-hybridized carbons (Fsp3) is 0.533. The van der Waals surface area contributed by atoms with Crippen molar-refractivity contribution in [1.82, 2.24) is 0 Å². The molecule has 1 amide bonds. The van der Waals surface area contributed by atoms with Crippen LogP contribution < -0.4 is 11.1 Å². The lowest BCUT2D eigenvalue weighted by Gasteiger charge is -2.21. The van der Waals surface area contributed by atoms with Gasteiger partial charge in [0.05, 0.1) is 18.0 Å². The Morgan fingerprint density at radius 1 is 1.26 bits per heavy atom. The molecule has 1 aliphatic rings. The molecule has 0 radical (unpaired) electrons. The minimum absolute atomic E-state index is 0.102. The molecule has 0 aliphatic heterocycles. The highest BCUT2D eigenvalue weighted by Crippen LogP contribution is 2.23. The van der Waals surface area contributed by atoms with Crippen molar-refractivity contribution in [1.29, 1.82) is 0 Å². The van der Waals surface area contributed by atoms with E-state index in [1.54, 1.807) is 12.1 Å². The van der Waals surface area contributed by atoms with Gasteiger partial charge in [0.2, 0.25) is 5.91 Å². The highest BCUT2D eigenvalue weighted by Gasteiger charge is 2.14. The summed E-state index contributed by atoms with van der Waals surface area (Å²) >= 11 is 0. The second kappa shape index (κ2) is 7.14. The minimum atomic E-state index is -0.145. The summed E-state index contributed by atoms with van der Waals surface area (Å²) in [7, 11) is 0. The number of rotatable bonds is 5. The van der Waals surface area contributed by atoms with Gasteiger partial charge in [-0.05, 0) is 30.9 Å². The number of para-hydroxylation sites is 2. The van der Waals surface area contributed by atoms with Gasteiger partial charge in [0, 0.05) is 0 Å². The smallest absolute Gasteiger partial charge is 0.250 e. The monoisotopic (exact) mass is 262 g/mol. The van der Waals surface area contributed by atoms with Crippen LogP contribution in [-0.4, -0.2) is 19.1 Å². The highest BCUT2D eigenvalue weighted by molar-refractivity contribution is 5.94. The Balaban J connectivity index is 1.68. The first-order valence-electron chi connectivity index (χ1n) is 6.98. The lowest BCUT2D eigenvalue weighted by Crippen LogP contribution is -2.22. The van der Waals surface area contributed by atoms with Gasteiger partial charge < -0.3 is 15.8 Å². The normalized spacial score (nSPS) is 16.2. The van der Waals surface area contributed by atoms with E-state index in [9.17, 15) is 4.79 Å². The van der Waals surface area contributed by atoms with Gasteiger partial charge in [-0.3, -0.25) is 4.79 Å². The first kappa shape index (κ1) is 13.9. The van der Waals surface area contributed by atoms with Crippen LogP contribution in [-0.2, 0) is 9.53 Å². The van der Waals surface area contributed by atoms with E-state index >= 15 is 0 Å². The van der Waals surface area contributed by atoms with Crippen molar-refractivity contribution in [2.75, 3.05) is 24.3 Å². The molecule has 104 valence electrons. The van der Waals surface area contributed by atoms with E-state index in [0.29, 0.717) is 23.9 Å². The summed E-state index contributed by atoms with van der Waals surface area (Å²) in [5, 5.41) is 2.76. The Bertz CT molecular complexity index is 414. The lowest BCUT2D eigenvalue weighted by molar-refractivity contribution is -0.121. The summed E-state index contributed by atoms with van der Waals surface area (Å²) in [6.07, 6.45) is 6.38. The summed E-state index contributed by atoms with van der Waals surface area (Å²) in [5.41, 5.74) is 6.98. The molecule has 2 rings (SSSR count). The number of anilines is 2. The maximum Gasteiger partial charge on any atom is 0.250 e. The van der Waals surface area contributed by atoms with Gasteiger partial charge in [0.25, 0.3) is 0 Å². The molecule has 0 atom stereocenters. The first-order chi connectivity index (χ1) is 9.25. The molecule has 1 aliphatic carbocycles. The molecule has 0 bridgehead atoms. The third kappa shape index (κ3) is 4.56. The summed E-state index contributed by atoms with van der Waals surface area (Å²) in [4.78, 5) is 11.7. The van der Waals surface area contributed by atoms with E-state index in [2.05, 4.69) is 5.32 Å². The Kier molecular flexibility index (Phi) is 5.21. The molecule has 0 unspecified atom stereocenters. The number of ether oxygens (including phenoxy) is 1. The van der Waals surface area contributed by atoms with Crippen LogP contribution in [0.2, 0.25) is 0 Å². The predicted octanol–water partition coefficient (Wildman–Crippen LogP) is 2.80. The van der Waals surface area contributed by atoms with E-state index in [0.717, 1.165) is 0 Å².